The van der Waals surface area contributed by atoms with Crippen LogP contribution < -0.4 is 21.3 Å². The van der Waals surface area contributed by atoms with Gasteiger partial charge in [-0.3, -0.25) is 19.7 Å². The van der Waals surface area contributed by atoms with Crippen molar-refractivity contribution in [2.24, 2.45) is 0 Å². The van der Waals surface area contributed by atoms with E-state index in [0.717, 1.165) is 16.7 Å². The lowest BCUT2D eigenvalue weighted by atomic mass is 9.84. The number of nitrogens with one attached hydrogen (secondary N) is 5. The zero-order valence-corrected chi connectivity index (χ0v) is 27.3. The summed E-state index contributed by atoms with van der Waals surface area (Å²) >= 11 is 0. The average Bonchev–Trinajstić information content (AvgIpc) is 3.66. The maximum Gasteiger partial charge on any atom is 0.405 e. The van der Waals surface area contributed by atoms with Gasteiger partial charge in [0.1, 0.15) is 6.04 Å². The topological polar surface area (TPSA) is 170 Å². The number of para-hydroxylation sites is 1. The molecule has 0 radical (unpaired) electrons. The second-order valence-electron chi connectivity index (χ2n) is 12.1. The van der Waals surface area contributed by atoms with Crippen molar-refractivity contribution < 1.29 is 24.2 Å². The maximum absolute atomic E-state index is 13.9. The molecule has 0 unspecified atom stereocenters. The Kier molecular flexibility index (Phi) is 11.2. The number of morpholine rings is 1. The van der Waals surface area contributed by atoms with Crippen molar-refractivity contribution in [3.05, 3.63) is 138 Å². The number of carboxylic acid groups (broad SMARTS) is 1. The number of H-pyrrole nitrogens is 1. The molecule has 1 fully saturated rings. The molecule has 6 N–H and O–H groups in total. The first-order valence-electron chi connectivity index (χ1n) is 16.5. The Morgan fingerprint density at radius 2 is 1.60 bits per heavy atom. The number of carbonyl (C=O) groups is 3. The van der Waals surface area contributed by atoms with Gasteiger partial charge >= 0.3 is 6.09 Å². The third-order valence-electron chi connectivity index (χ3n) is 8.65. The number of nitrogens with zero attached hydrogens (tertiary/aromatic N) is 2. The van der Waals surface area contributed by atoms with Gasteiger partial charge in [-0.15, -0.1) is 0 Å². The van der Waals surface area contributed by atoms with Crippen LogP contribution in [-0.2, 0) is 16.0 Å². The van der Waals surface area contributed by atoms with Crippen LogP contribution in [0.2, 0.25) is 0 Å². The largest absolute Gasteiger partial charge is 0.465 e. The molecule has 12 heteroatoms. The van der Waals surface area contributed by atoms with Crippen LogP contribution in [-0.4, -0.2) is 76.1 Å². The smallest absolute Gasteiger partial charge is 0.405 e. The molecule has 3 amide bonds. The van der Waals surface area contributed by atoms with E-state index in [4.69, 9.17) is 4.74 Å². The van der Waals surface area contributed by atoms with Crippen LogP contribution in [0.5, 0.6) is 0 Å². The summed E-state index contributed by atoms with van der Waals surface area (Å²) in [7, 11) is 0. The molecule has 3 heterocycles. The normalized spacial score (nSPS) is 16.3. The van der Waals surface area contributed by atoms with E-state index in [-0.39, 0.29) is 23.7 Å². The van der Waals surface area contributed by atoms with Crippen molar-refractivity contribution in [2.45, 2.75) is 36.9 Å². The van der Waals surface area contributed by atoms with Crippen LogP contribution in [0.25, 0.3) is 11.4 Å². The number of ether oxygens (including phenoxy) is 1. The molecule has 12 nitrogen and oxygen atoms in total. The average molecular weight is 674 g/mol. The first-order valence-corrected chi connectivity index (χ1v) is 16.5. The molecule has 1 aliphatic rings. The molecule has 3 aromatic carbocycles. The van der Waals surface area contributed by atoms with Crippen molar-refractivity contribution in [2.75, 3.05) is 25.0 Å². The Hall–Kier alpha value is -5.85. The van der Waals surface area contributed by atoms with Gasteiger partial charge in [-0.2, -0.15) is 5.10 Å². The van der Waals surface area contributed by atoms with Crippen molar-refractivity contribution in [1.29, 1.82) is 0 Å². The first kappa shape index (κ1) is 34.0. The third kappa shape index (κ3) is 8.78. The highest BCUT2D eigenvalue weighted by atomic mass is 16.5. The van der Waals surface area contributed by atoms with E-state index < -0.39 is 24.0 Å². The van der Waals surface area contributed by atoms with Gasteiger partial charge in [-0.25, -0.2) is 4.79 Å². The van der Waals surface area contributed by atoms with Crippen molar-refractivity contribution >= 4 is 23.6 Å². The molecule has 2 aromatic heterocycles. The minimum Gasteiger partial charge on any atom is -0.465 e. The van der Waals surface area contributed by atoms with Gasteiger partial charge in [0.05, 0.1) is 24.1 Å². The molecule has 0 spiro atoms. The predicted molar refractivity (Wildman–Crippen MR) is 189 cm³/mol. The quantitative estimate of drug-likeness (QED) is 0.105. The minimum atomic E-state index is -1.29. The van der Waals surface area contributed by atoms with E-state index in [1.165, 1.54) is 0 Å². The summed E-state index contributed by atoms with van der Waals surface area (Å²) in [5, 5.41) is 28.6. The first-order chi connectivity index (χ1) is 24.4. The SMILES string of the molecule is O=C(O)N[C@H](C(=O)Nc1ccccc1CC[C@@H]1CN[C@H](CNC(=O)c2cc(-c3ccccn3)[nH]n2)CO1)C(c1ccccc1)c1ccccc1. The molecule has 0 saturated carbocycles. The molecule has 6 rings (SSSR count). The molecule has 256 valence electrons. The zero-order chi connectivity index (χ0) is 34.7. The number of hydrogen-bond acceptors (Lipinski definition) is 7. The summed E-state index contributed by atoms with van der Waals surface area (Å²) in [6.45, 7) is 1.40. The van der Waals surface area contributed by atoms with Crippen LogP contribution >= 0.6 is 0 Å². The summed E-state index contributed by atoms with van der Waals surface area (Å²) in [6.07, 6.45) is 1.64. The van der Waals surface area contributed by atoms with Gasteiger partial charge in [-0.1, -0.05) is 84.9 Å². The number of aryl methyl sites for hydroxylation is 1. The monoisotopic (exact) mass is 673 g/mol. The maximum atomic E-state index is 13.9. The molecule has 3 atom stereocenters. The summed E-state index contributed by atoms with van der Waals surface area (Å²) in [5.74, 6) is -1.30. The fourth-order valence-corrected chi connectivity index (χ4v) is 6.10. The Labute approximate surface area is 289 Å². The second kappa shape index (κ2) is 16.5. The zero-order valence-electron chi connectivity index (χ0n) is 27.3. The van der Waals surface area contributed by atoms with Gasteiger partial charge < -0.3 is 31.1 Å². The molecule has 1 saturated heterocycles. The fraction of sp³-hybridized carbons (Fsp3) is 0.237. The second-order valence-corrected chi connectivity index (χ2v) is 12.1. The highest BCUT2D eigenvalue weighted by Crippen LogP contribution is 2.30. The van der Waals surface area contributed by atoms with E-state index in [1.54, 1.807) is 12.3 Å². The Bertz CT molecular complexity index is 1820. The van der Waals surface area contributed by atoms with Crippen molar-refractivity contribution in [1.82, 2.24) is 31.1 Å². The highest BCUT2D eigenvalue weighted by molar-refractivity contribution is 5.98. The van der Waals surface area contributed by atoms with Crippen molar-refractivity contribution in [3.8, 4) is 11.4 Å². The molecule has 50 heavy (non-hydrogen) atoms. The summed E-state index contributed by atoms with van der Waals surface area (Å²) in [5.41, 5.74) is 4.81. The van der Waals surface area contributed by atoms with E-state index in [0.29, 0.717) is 49.6 Å². The Morgan fingerprint density at radius 1 is 0.900 bits per heavy atom. The summed E-state index contributed by atoms with van der Waals surface area (Å²) in [4.78, 5) is 42.8. The van der Waals surface area contributed by atoms with E-state index in [1.807, 2.05) is 103 Å². The number of aromatic amines is 1. The molecule has 1 aliphatic heterocycles. The number of rotatable bonds is 13. The van der Waals surface area contributed by atoms with Gasteiger partial charge in [0.25, 0.3) is 5.91 Å². The van der Waals surface area contributed by atoms with Crippen molar-refractivity contribution in [3.63, 3.8) is 0 Å². The van der Waals surface area contributed by atoms with Gasteiger partial charge in [0.2, 0.25) is 5.91 Å². The predicted octanol–water partition coefficient (Wildman–Crippen LogP) is 4.60. The molecule has 0 bridgehead atoms. The Balaban J connectivity index is 1.03. The summed E-state index contributed by atoms with van der Waals surface area (Å²) < 4.78 is 6.14. The third-order valence-corrected chi connectivity index (χ3v) is 8.65. The lowest BCUT2D eigenvalue weighted by Gasteiger charge is -2.30. The van der Waals surface area contributed by atoms with Crippen LogP contribution in [0.3, 0.4) is 0 Å². The molecule has 5 aromatic rings. The van der Waals surface area contributed by atoms with Crippen LogP contribution in [0.1, 0.15) is 39.5 Å². The minimum absolute atomic E-state index is 0.0585. The van der Waals surface area contributed by atoms with E-state index in [9.17, 15) is 19.5 Å². The summed E-state index contributed by atoms with van der Waals surface area (Å²) in [6, 6.07) is 32.4. The highest BCUT2D eigenvalue weighted by Gasteiger charge is 2.33. The lowest BCUT2D eigenvalue weighted by Crippen LogP contribution is -2.51. The van der Waals surface area contributed by atoms with Gasteiger partial charge in [0.15, 0.2) is 5.69 Å². The standard InChI is InChI=1S/C38H39N7O5/c46-36(33-21-32(44-45-33)31-17-9-10-20-39-31)41-22-28-24-50-29(23-40-28)19-18-25-11-7-8-16-30(25)42-37(47)35(43-38(48)49)34(26-12-3-1-4-13-26)27-14-5-2-6-15-27/h1-17,20-21,28-29,34-35,40,43H,18-19,22-24H2,(H,41,46)(H,42,47)(H,44,45)(H,48,49)/t28-,29-,35+/m1/s1. The number of pyridine rings is 1. The molecular weight excluding hydrogens is 634 g/mol. The number of hydrogen-bond donors (Lipinski definition) is 6. The van der Waals surface area contributed by atoms with Gasteiger partial charge in [-0.05, 0) is 53.8 Å². The Morgan fingerprint density at radius 3 is 2.26 bits per heavy atom. The number of carbonyl (C=O) groups excluding carboxylic acids is 2. The number of amides is 3. The molecular formula is C38H39N7O5. The number of anilines is 1. The fourth-order valence-electron chi connectivity index (χ4n) is 6.10. The van der Waals surface area contributed by atoms with Crippen LogP contribution in [0.15, 0.2) is 115 Å². The van der Waals surface area contributed by atoms with E-state index >= 15 is 0 Å². The van der Waals surface area contributed by atoms with Gasteiger partial charge in [0, 0.05) is 36.9 Å². The number of aromatic nitrogens is 3. The molecule has 0 aliphatic carbocycles. The van der Waals surface area contributed by atoms with Crippen LogP contribution in [0, 0.1) is 0 Å². The number of benzene rings is 3. The van der Waals surface area contributed by atoms with E-state index in [2.05, 4.69) is 36.4 Å². The van der Waals surface area contributed by atoms with Crippen LogP contribution in [0.4, 0.5) is 10.5 Å². The lowest BCUT2D eigenvalue weighted by molar-refractivity contribution is -0.118.